The average Bonchev–Trinajstić information content (AvgIpc) is 2.14. The van der Waals surface area contributed by atoms with E-state index in [0.29, 0.717) is 0 Å². The summed E-state index contributed by atoms with van der Waals surface area (Å²) in [7, 11) is 0. The quantitative estimate of drug-likeness (QED) is 0.483. The van der Waals surface area contributed by atoms with Gasteiger partial charge in [0.25, 0.3) is 0 Å². The fraction of sp³-hybridized carbons (Fsp3) is 0.200. The Hall–Kier alpha value is -1.04. The van der Waals surface area contributed by atoms with Gasteiger partial charge in [-0.1, -0.05) is 13.0 Å². The van der Waals surface area contributed by atoms with Gasteiger partial charge in [0.05, 0.1) is 0 Å². The first kappa shape index (κ1) is 23.1. The molecule has 0 atom stereocenters. The van der Waals surface area contributed by atoms with Gasteiger partial charge in [0.2, 0.25) is 0 Å². The Morgan fingerprint density at radius 1 is 0.900 bits per heavy atom. The second kappa shape index (κ2) is 418. The van der Waals surface area contributed by atoms with Crippen molar-refractivity contribution in [3.8, 4) is 0 Å². The van der Waals surface area contributed by atoms with E-state index in [0.717, 1.165) is 6.42 Å². The van der Waals surface area contributed by atoms with E-state index in [9.17, 15) is 0 Å². The van der Waals surface area contributed by atoms with Gasteiger partial charge in [-0.2, -0.15) is 0 Å². The highest BCUT2D eigenvalue weighted by Gasteiger charge is 1.45. The third-order valence-electron chi connectivity index (χ3n) is 0.289. The molecule has 0 spiro atoms. The lowest BCUT2D eigenvalue weighted by molar-refractivity contribution is 1.23. The Labute approximate surface area is 66.3 Å². The van der Waals surface area contributed by atoms with Crippen LogP contribution in [0.1, 0.15) is 13.3 Å². The Morgan fingerprint density at radius 3 is 1.00 bits per heavy atom. The monoisotopic (exact) mass is 140 g/mol. The van der Waals surface area contributed by atoms with Crippen molar-refractivity contribution < 1.29 is 0 Å². The van der Waals surface area contributed by atoms with Gasteiger partial charge in [0, 0.05) is 0 Å². The van der Waals surface area contributed by atoms with Crippen molar-refractivity contribution in [2.24, 2.45) is 0 Å². The minimum absolute atomic E-state index is 1.08. The number of rotatable bonds is 1. The summed E-state index contributed by atoms with van der Waals surface area (Å²) in [6, 6.07) is 0. The third kappa shape index (κ3) is 155000. The van der Waals surface area contributed by atoms with Gasteiger partial charge in [-0.25, -0.2) is 0 Å². The van der Waals surface area contributed by atoms with Crippen LogP contribution in [0.25, 0.3) is 0 Å². The van der Waals surface area contributed by atoms with Crippen LogP contribution >= 0.6 is 0 Å². The normalized spacial score (nSPS) is 3.70. The standard InChI is InChI=1S/C4H8.3C2H4/c1-3-4-2;3*1-2/h3H,1,4H2,2H3;3*1-2H2. The molecule has 0 aromatic heterocycles. The third-order valence-corrected chi connectivity index (χ3v) is 0.289. The lowest BCUT2D eigenvalue weighted by Crippen LogP contribution is -1.36. The van der Waals surface area contributed by atoms with Crippen molar-refractivity contribution in [2.75, 3.05) is 0 Å². The molecular formula is C10H20. The van der Waals surface area contributed by atoms with E-state index in [2.05, 4.69) is 53.0 Å². The van der Waals surface area contributed by atoms with Crippen molar-refractivity contribution in [3.63, 3.8) is 0 Å². The Balaban J connectivity index is -0.0000000262. The summed E-state index contributed by atoms with van der Waals surface area (Å²) >= 11 is 0. The van der Waals surface area contributed by atoms with Gasteiger partial charge in [-0.15, -0.1) is 46.1 Å². The first-order chi connectivity index (χ1) is 4.91. The molecule has 0 aliphatic heterocycles. The molecule has 0 rings (SSSR count). The molecule has 0 unspecified atom stereocenters. The van der Waals surface area contributed by atoms with Crippen molar-refractivity contribution in [1.29, 1.82) is 0 Å². The first-order valence-electron chi connectivity index (χ1n) is 3.02. The van der Waals surface area contributed by atoms with E-state index in [1.807, 2.05) is 6.08 Å². The molecule has 0 heteroatoms. The highest BCUT2D eigenvalue weighted by atomic mass is 13.5. The topological polar surface area (TPSA) is 0 Å². The highest BCUT2D eigenvalue weighted by Crippen LogP contribution is 1.66. The lowest BCUT2D eigenvalue weighted by Gasteiger charge is -1.57. The SMILES string of the molecule is C=C.C=C.C=C.C=CCC. The lowest BCUT2D eigenvalue weighted by atomic mass is 10.5. The maximum Gasteiger partial charge on any atom is -0.0382 e. The maximum absolute atomic E-state index is 3.48. The molecule has 0 N–H and O–H groups in total. The Kier molecular flexibility index (Phi) is 966. The molecule has 10 heavy (non-hydrogen) atoms. The van der Waals surface area contributed by atoms with Crippen LogP contribution < -0.4 is 0 Å². The van der Waals surface area contributed by atoms with Gasteiger partial charge in [0.1, 0.15) is 0 Å². The fourth-order valence-corrected chi connectivity index (χ4v) is 0. The van der Waals surface area contributed by atoms with Crippen LogP contribution in [0.2, 0.25) is 0 Å². The van der Waals surface area contributed by atoms with Crippen LogP contribution in [0.3, 0.4) is 0 Å². The van der Waals surface area contributed by atoms with Crippen LogP contribution in [0.15, 0.2) is 52.1 Å². The molecule has 0 radical (unpaired) electrons. The smallest absolute Gasteiger partial charge is 0.0382 e. The minimum Gasteiger partial charge on any atom is -0.106 e. The predicted octanol–water partition coefficient (Wildman–Crippen LogP) is 3.99. The Morgan fingerprint density at radius 2 is 1.00 bits per heavy atom. The van der Waals surface area contributed by atoms with Gasteiger partial charge in [0.15, 0.2) is 0 Å². The molecule has 0 heterocycles. The van der Waals surface area contributed by atoms with Crippen LogP contribution in [0.5, 0.6) is 0 Å². The zero-order valence-corrected chi connectivity index (χ0v) is 7.23. The van der Waals surface area contributed by atoms with Crippen molar-refractivity contribution in [1.82, 2.24) is 0 Å². The summed E-state index contributed by atoms with van der Waals surface area (Å²) in [6.07, 6.45) is 2.96. The molecule has 0 saturated heterocycles. The summed E-state index contributed by atoms with van der Waals surface area (Å²) in [4.78, 5) is 0. The largest absolute Gasteiger partial charge is 0.106 e. The minimum atomic E-state index is 1.08. The van der Waals surface area contributed by atoms with Gasteiger partial charge in [-0.3, -0.25) is 0 Å². The van der Waals surface area contributed by atoms with Gasteiger partial charge >= 0.3 is 0 Å². The summed E-state index contributed by atoms with van der Waals surface area (Å²) in [5.74, 6) is 0. The van der Waals surface area contributed by atoms with Crippen molar-refractivity contribution in [2.45, 2.75) is 13.3 Å². The maximum atomic E-state index is 3.48. The molecule has 0 nitrogen and oxygen atoms in total. The van der Waals surface area contributed by atoms with E-state index >= 15 is 0 Å². The molecule has 0 fully saturated rings. The molecule has 0 bridgehead atoms. The predicted molar refractivity (Wildman–Crippen MR) is 54.3 cm³/mol. The molecule has 0 aromatic carbocycles. The number of hydrogen-bond acceptors (Lipinski definition) is 0. The zero-order valence-electron chi connectivity index (χ0n) is 7.23. The molecular weight excluding hydrogens is 120 g/mol. The summed E-state index contributed by atoms with van der Waals surface area (Å²) in [5.41, 5.74) is 0. The van der Waals surface area contributed by atoms with E-state index in [1.54, 1.807) is 0 Å². The molecule has 0 saturated carbocycles. The number of hydrogen-bond donors (Lipinski definition) is 0. The molecule has 0 aliphatic carbocycles. The molecule has 60 valence electrons. The van der Waals surface area contributed by atoms with Crippen LogP contribution in [0, 0.1) is 0 Å². The Bertz CT molecular complexity index is 32.5. The highest BCUT2D eigenvalue weighted by molar-refractivity contribution is 4.60. The molecule has 0 amide bonds. The average molecular weight is 140 g/mol. The summed E-state index contributed by atoms with van der Waals surface area (Å²) in [6.45, 7) is 23.5. The van der Waals surface area contributed by atoms with E-state index in [-0.39, 0.29) is 0 Å². The zero-order chi connectivity index (χ0) is 9.41. The summed E-state index contributed by atoms with van der Waals surface area (Å²) < 4.78 is 0. The van der Waals surface area contributed by atoms with Crippen molar-refractivity contribution >= 4 is 0 Å². The first-order valence-corrected chi connectivity index (χ1v) is 3.02. The summed E-state index contributed by atoms with van der Waals surface area (Å²) in [5, 5.41) is 0. The van der Waals surface area contributed by atoms with Crippen molar-refractivity contribution in [3.05, 3.63) is 52.1 Å². The van der Waals surface area contributed by atoms with E-state index in [1.165, 1.54) is 0 Å². The van der Waals surface area contributed by atoms with Crippen LogP contribution in [0.4, 0.5) is 0 Å². The molecule has 0 aliphatic rings. The van der Waals surface area contributed by atoms with E-state index in [4.69, 9.17) is 0 Å². The van der Waals surface area contributed by atoms with Gasteiger partial charge in [-0.05, 0) is 6.42 Å². The van der Waals surface area contributed by atoms with Gasteiger partial charge < -0.3 is 0 Å². The number of allylic oxidation sites excluding steroid dienone is 1. The second-order valence-corrected chi connectivity index (χ2v) is 0.697. The molecule has 0 aromatic rings. The van der Waals surface area contributed by atoms with Crippen LogP contribution in [-0.2, 0) is 0 Å². The van der Waals surface area contributed by atoms with Crippen LogP contribution in [-0.4, -0.2) is 0 Å². The second-order valence-electron chi connectivity index (χ2n) is 0.697. The van der Waals surface area contributed by atoms with E-state index < -0.39 is 0 Å². The fourth-order valence-electron chi connectivity index (χ4n) is 0.